The number of hydrogen-bond acceptors (Lipinski definition) is 5. The Hall–Kier alpha value is -1.43. The average molecular weight is 439 g/mol. The van der Waals surface area contributed by atoms with Gasteiger partial charge in [0.15, 0.2) is 5.75 Å². The van der Waals surface area contributed by atoms with Crippen LogP contribution in [-0.2, 0) is 24.9 Å². The maximum atomic E-state index is 12.1. The monoisotopic (exact) mass is 438 g/mol. The highest BCUT2D eigenvalue weighted by atomic mass is 31.2. The van der Waals surface area contributed by atoms with E-state index in [1.54, 1.807) is 0 Å². The van der Waals surface area contributed by atoms with Gasteiger partial charge in [-0.05, 0) is 30.7 Å². The second kappa shape index (κ2) is 13.8. The Labute approximate surface area is 180 Å². The van der Waals surface area contributed by atoms with E-state index in [1.807, 2.05) is 43.3 Å². The minimum absolute atomic E-state index is 0.0502. The average Bonchev–Trinajstić information content (AvgIpc) is 2.75. The Bertz CT molecular complexity index is 794. The van der Waals surface area contributed by atoms with Crippen molar-refractivity contribution in [1.82, 2.24) is 0 Å². The molecule has 0 aliphatic rings. The van der Waals surface area contributed by atoms with Crippen LogP contribution in [0.3, 0.4) is 0 Å². The Kier molecular flexibility index (Phi) is 11.4. The van der Waals surface area contributed by atoms with Crippen LogP contribution >= 0.6 is 7.82 Å². The molecule has 30 heavy (non-hydrogen) atoms. The van der Waals surface area contributed by atoms with E-state index in [1.165, 1.54) is 32.1 Å². The fraction of sp³-hybridized carbons (Fsp3) is 0.565. The SMILES string of the molecule is CCCCCCCCCc1ccc2ccccc2c1OOP(=O)(O)OCCOCC. The van der Waals surface area contributed by atoms with Crippen molar-refractivity contribution < 1.29 is 28.3 Å². The van der Waals surface area contributed by atoms with Gasteiger partial charge in [-0.2, -0.15) is 0 Å². The van der Waals surface area contributed by atoms with E-state index in [0.717, 1.165) is 35.6 Å². The number of unbranched alkanes of at least 4 members (excludes halogenated alkanes) is 6. The van der Waals surface area contributed by atoms with E-state index in [4.69, 9.17) is 18.8 Å². The molecule has 0 bridgehead atoms. The normalized spacial score (nSPS) is 13.4. The number of phosphoric ester groups is 1. The summed E-state index contributed by atoms with van der Waals surface area (Å²) in [5, 5.41) is 1.82. The lowest BCUT2D eigenvalue weighted by Gasteiger charge is -2.15. The van der Waals surface area contributed by atoms with E-state index in [2.05, 4.69) is 6.92 Å². The van der Waals surface area contributed by atoms with Gasteiger partial charge >= 0.3 is 7.82 Å². The predicted octanol–water partition coefficient (Wildman–Crippen LogP) is 6.60. The Morgan fingerprint density at radius 2 is 1.63 bits per heavy atom. The standard InChI is InChI=1S/C23H35O6P/c1-3-5-6-7-8-9-10-14-21-17-16-20-13-11-12-15-22(20)23(21)28-29-30(24,25)27-19-18-26-4-2/h11-13,15-17H,3-10,14,18-19H2,1-2H3,(H,24,25). The second-order valence-corrected chi connectivity index (χ2v) is 8.65. The summed E-state index contributed by atoms with van der Waals surface area (Å²) in [4.78, 5) is 15.3. The van der Waals surface area contributed by atoms with Gasteiger partial charge in [0.25, 0.3) is 0 Å². The molecule has 0 spiro atoms. The molecule has 0 saturated carbocycles. The van der Waals surface area contributed by atoms with Crippen molar-refractivity contribution in [1.29, 1.82) is 0 Å². The number of benzene rings is 2. The third kappa shape index (κ3) is 8.75. The molecule has 2 aromatic carbocycles. The Balaban J connectivity index is 1.99. The molecule has 2 aromatic rings. The van der Waals surface area contributed by atoms with E-state index >= 15 is 0 Å². The largest absolute Gasteiger partial charge is 0.508 e. The molecule has 1 N–H and O–H groups in total. The number of fused-ring (bicyclic) bond motifs is 1. The summed E-state index contributed by atoms with van der Waals surface area (Å²) in [5.41, 5.74) is 0.955. The number of hydrogen-bond donors (Lipinski definition) is 1. The fourth-order valence-electron chi connectivity index (χ4n) is 3.32. The highest BCUT2D eigenvalue weighted by Crippen LogP contribution is 2.44. The molecule has 7 heteroatoms. The van der Waals surface area contributed by atoms with E-state index in [9.17, 15) is 9.46 Å². The summed E-state index contributed by atoms with van der Waals surface area (Å²) < 4.78 is 27.0. The van der Waals surface area contributed by atoms with Crippen molar-refractivity contribution in [3.63, 3.8) is 0 Å². The zero-order chi connectivity index (χ0) is 21.7. The van der Waals surface area contributed by atoms with Crippen molar-refractivity contribution in [3.05, 3.63) is 42.0 Å². The quantitative estimate of drug-likeness (QED) is 0.138. The lowest BCUT2D eigenvalue weighted by atomic mass is 10.00. The third-order valence-electron chi connectivity index (χ3n) is 4.91. The Morgan fingerprint density at radius 1 is 0.900 bits per heavy atom. The zero-order valence-corrected chi connectivity index (χ0v) is 19.1. The molecule has 0 aromatic heterocycles. The highest BCUT2D eigenvalue weighted by molar-refractivity contribution is 7.47. The summed E-state index contributed by atoms with van der Waals surface area (Å²) in [5.74, 6) is 0.474. The molecule has 6 nitrogen and oxygen atoms in total. The van der Waals surface area contributed by atoms with Crippen LogP contribution in [0.4, 0.5) is 0 Å². The summed E-state index contributed by atoms with van der Waals surface area (Å²) in [6.45, 7) is 4.73. The van der Waals surface area contributed by atoms with Gasteiger partial charge in [-0.1, -0.05) is 86.5 Å². The molecule has 0 aliphatic carbocycles. The Morgan fingerprint density at radius 3 is 2.40 bits per heavy atom. The predicted molar refractivity (Wildman–Crippen MR) is 120 cm³/mol. The lowest BCUT2D eigenvalue weighted by molar-refractivity contribution is -0.128. The molecule has 0 aliphatic heterocycles. The van der Waals surface area contributed by atoms with Gasteiger partial charge in [0, 0.05) is 12.0 Å². The van der Waals surface area contributed by atoms with Crippen LogP contribution in [0, 0.1) is 0 Å². The van der Waals surface area contributed by atoms with E-state index in [0.29, 0.717) is 12.4 Å². The first-order valence-corrected chi connectivity index (χ1v) is 12.5. The van der Waals surface area contributed by atoms with Crippen LogP contribution in [0.25, 0.3) is 10.8 Å². The second-order valence-electron chi connectivity index (χ2n) is 7.30. The van der Waals surface area contributed by atoms with E-state index < -0.39 is 7.82 Å². The number of rotatable bonds is 16. The molecule has 1 unspecified atom stereocenters. The molecule has 0 amide bonds. The molecule has 168 valence electrons. The maximum absolute atomic E-state index is 12.1. The van der Waals surface area contributed by atoms with Gasteiger partial charge in [-0.15, -0.1) is 0 Å². The fourth-order valence-corrected chi connectivity index (χ4v) is 3.83. The lowest BCUT2D eigenvalue weighted by Crippen LogP contribution is -2.06. The third-order valence-corrected chi connectivity index (χ3v) is 5.68. The van der Waals surface area contributed by atoms with Gasteiger partial charge in [-0.3, -0.25) is 4.52 Å². The zero-order valence-electron chi connectivity index (χ0n) is 18.2. The molecule has 0 fully saturated rings. The number of aryl methyl sites for hydroxylation is 1. The first-order valence-electron chi connectivity index (χ1n) is 11.0. The summed E-state index contributed by atoms with van der Waals surface area (Å²) in [6, 6.07) is 11.8. The molecular weight excluding hydrogens is 403 g/mol. The number of phosphoric acid groups is 1. The maximum Gasteiger partial charge on any atom is 0.508 e. The van der Waals surface area contributed by atoms with Crippen molar-refractivity contribution in [2.24, 2.45) is 0 Å². The number of ether oxygens (including phenoxy) is 1. The minimum atomic E-state index is -4.35. The molecule has 1 atom stereocenters. The van der Waals surface area contributed by atoms with Crippen molar-refractivity contribution in [2.45, 2.75) is 65.2 Å². The first-order chi connectivity index (χ1) is 14.6. The molecule has 0 saturated heterocycles. The van der Waals surface area contributed by atoms with Gasteiger partial charge < -0.3 is 14.5 Å². The van der Waals surface area contributed by atoms with Crippen LogP contribution in [0.2, 0.25) is 0 Å². The van der Waals surface area contributed by atoms with Gasteiger partial charge in [-0.25, -0.2) is 4.57 Å². The molecule has 0 radical (unpaired) electrons. The van der Waals surface area contributed by atoms with Crippen molar-refractivity contribution >= 4 is 18.6 Å². The van der Waals surface area contributed by atoms with Crippen LogP contribution in [0.15, 0.2) is 36.4 Å². The summed E-state index contributed by atoms with van der Waals surface area (Å²) in [7, 11) is -4.35. The summed E-state index contributed by atoms with van der Waals surface area (Å²) in [6.07, 6.45) is 9.33. The highest BCUT2D eigenvalue weighted by Gasteiger charge is 2.25. The van der Waals surface area contributed by atoms with Crippen LogP contribution in [-0.4, -0.2) is 24.7 Å². The van der Waals surface area contributed by atoms with E-state index in [-0.39, 0.29) is 13.2 Å². The van der Waals surface area contributed by atoms with Gasteiger partial charge in [0.2, 0.25) is 0 Å². The van der Waals surface area contributed by atoms with Crippen molar-refractivity contribution in [2.75, 3.05) is 19.8 Å². The van der Waals surface area contributed by atoms with Crippen LogP contribution in [0.5, 0.6) is 5.75 Å². The molecule has 0 heterocycles. The van der Waals surface area contributed by atoms with Crippen LogP contribution in [0.1, 0.15) is 64.4 Å². The van der Waals surface area contributed by atoms with Crippen LogP contribution < -0.4 is 4.89 Å². The molecular formula is C23H35O6P. The topological polar surface area (TPSA) is 74.2 Å². The van der Waals surface area contributed by atoms with Gasteiger partial charge in [0.05, 0.1) is 13.2 Å². The smallest absolute Gasteiger partial charge is 0.379 e. The minimum Gasteiger partial charge on any atom is -0.379 e. The van der Waals surface area contributed by atoms with Gasteiger partial charge in [0.1, 0.15) is 0 Å². The van der Waals surface area contributed by atoms with Crippen molar-refractivity contribution in [3.8, 4) is 5.75 Å². The summed E-state index contributed by atoms with van der Waals surface area (Å²) >= 11 is 0. The first kappa shape index (κ1) is 24.8. The molecule has 2 rings (SSSR count).